The van der Waals surface area contributed by atoms with Crippen molar-refractivity contribution in [3.63, 3.8) is 0 Å². The Hall–Kier alpha value is -3.03. The highest BCUT2D eigenvalue weighted by Gasteiger charge is 2.49. The Morgan fingerprint density at radius 1 is 0.757 bits per heavy atom. The second-order valence-electron chi connectivity index (χ2n) is 9.03. The van der Waals surface area contributed by atoms with Gasteiger partial charge < -0.3 is 23.7 Å². The van der Waals surface area contributed by atoms with Gasteiger partial charge in [0.25, 0.3) is 0 Å². The zero-order valence-corrected chi connectivity index (χ0v) is 21.4. The molecule has 0 aliphatic carbocycles. The Morgan fingerprint density at radius 3 is 1.76 bits per heavy atom. The Kier molecular flexibility index (Phi) is 10.3. The summed E-state index contributed by atoms with van der Waals surface area (Å²) in [5.41, 5.74) is 2.96. The molecular formula is C31H35FO5. The third-order valence-corrected chi connectivity index (χ3v) is 6.25. The fourth-order valence-corrected chi connectivity index (χ4v) is 4.14. The lowest BCUT2D eigenvalue weighted by Gasteiger charge is -2.43. The molecule has 0 amide bonds. The predicted octanol–water partition coefficient (Wildman–Crippen LogP) is 6.38. The number of hydrogen-bond acceptors (Lipinski definition) is 5. The maximum Gasteiger partial charge on any atom is 0.234 e. The van der Waals surface area contributed by atoms with E-state index in [1.54, 1.807) is 13.0 Å². The van der Waals surface area contributed by atoms with Gasteiger partial charge in [0.1, 0.15) is 18.3 Å². The molecule has 0 bridgehead atoms. The smallest absolute Gasteiger partial charge is 0.234 e. The Morgan fingerprint density at radius 2 is 1.24 bits per heavy atom. The third kappa shape index (κ3) is 7.98. The lowest BCUT2D eigenvalue weighted by molar-refractivity contribution is -0.297. The minimum atomic E-state index is -1.57. The van der Waals surface area contributed by atoms with Crippen LogP contribution in [0.2, 0.25) is 0 Å². The molecule has 0 aromatic heterocycles. The topological polar surface area (TPSA) is 46.2 Å². The highest BCUT2D eigenvalue weighted by atomic mass is 19.1. The lowest BCUT2D eigenvalue weighted by Crippen LogP contribution is -2.59. The van der Waals surface area contributed by atoms with E-state index in [0.29, 0.717) is 19.0 Å². The van der Waals surface area contributed by atoms with E-state index >= 15 is 4.39 Å². The number of rotatable bonds is 12. The van der Waals surface area contributed by atoms with Crippen molar-refractivity contribution in [2.45, 2.75) is 64.4 Å². The molecule has 37 heavy (non-hydrogen) atoms. The number of benzene rings is 3. The van der Waals surface area contributed by atoms with E-state index in [0.717, 1.165) is 16.7 Å². The summed E-state index contributed by atoms with van der Waals surface area (Å²) in [6.07, 6.45) is -3.16. The van der Waals surface area contributed by atoms with Crippen molar-refractivity contribution in [1.29, 1.82) is 0 Å². The minimum Gasteiger partial charge on any atom is -0.467 e. The maximum atomic E-state index is 15.9. The van der Waals surface area contributed by atoms with Crippen molar-refractivity contribution < 1.29 is 28.1 Å². The highest BCUT2D eigenvalue weighted by molar-refractivity contribution is 5.15. The molecule has 0 spiro atoms. The number of allylic oxidation sites excluding steroid dienone is 2. The quantitative estimate of drug-likeness (QED) is 0.267. The molecule has 0 radical (unpaired) electrons. The van der Waals surface area contributed by atoms with Gasteiger partial charge in [-0.05, 0) is 36.6 Å². The van der Waals surface area contributed by atoms with E-state index in [2.05, 4.69) is 0 Å². The standard InChI is InChI=1S/C31H35FO5/c1-3-23(2)36-31-28(32)30(35-21-26-17-11-6-12-18-26)29(34-20-25-15-9-5-10-16-25)27(37-31)22-33-19-24-13-7-4-8-14-24/h3-18,27-31H,19-22H2,1-2H3/b23-3+/t27-,28-,29+,30-,31-/m1/s1. The van der Waals surface area contributed by atoms with Crippen LogP contribution in [0, 0.1) is 0 Å². The highest BCUT2D eigenvalue weighted by Crippen LogP contribution is 2.31. The lowest BCUT2D eigenvalue weighted by atomic mass is 9.99. The van der Waals surface area contributed by atoms with Crippen LogP contribution < -0.4 is 0 Å². The number of hydrogen-bond donors (Lipinski definition) is 0. The summed E-state index contributed by atoms with van der Waals surface area (Å²) in [6, 6.07) is 29.4. The molecule has 0 saturated carbocycles. The van der Waals surface area contributed by atoms with Crippen molar-refractivity contribution in [3.05, 3.63) is 120 Å². The molecule has 5 nitrogen and oxygen atoms in total. The van der Waals surface area contributed by atoms with Crippen molar-refractivity contribution in [1.82, 2.24) is 0 Å². The van der Waals surface area contributed by atoms with Gasteiger partial charge in [-0.1, -0.05) is 91.0 Å². The first-order chi connectivity index (χ1) is 18.1. The first kappa shape index (κ1) is 27.0. The average Bonchev–Trinajstić information content (AvgIpc) is 2.94. The van der Waals surface area contributed by atoms with Gasteiger partial charge in [0.15, 0.2) is 6.17 Å². The van der Waals surface area contributed by atoms with Crippen LogP contribution in [-0.2, 0) is 43.5 Å². The van der Waals surface area contributed by atoms with Gasteiger partial charge >= 0.3 is 0 Å². The third-order valence-electron chi connectivity index (χ3n) is 6.25. The van der Waals surface area contributed by atoms with Gasteiger partial charge in [0.05, 0.1) is 32.2 Å². The molecule has 1 fully saturated rings. The van der Waals surface area contributed by atoms with Gasteiger partial charge in [-0.25, -0.2) is 4.39 Å². The summed E-state index contributed by atoms with van der Waals surface area (Å²) in [5.74, 6) is 0.571. The van der Waals surface area contributed by atoms with E-state index in [9.17, 15) is 0 Å². The molecule has 5 atom stereocenters. The van der Waals surface area contributed by atoms with Gasteiger partial charge in [0, 0.05) is 0 Å². The monoisotopic (exact) mass is 506 g/mol. The van der Waals surface area contributed by atoms with E-state index in [1.807, 2.05) is 97.9 Å². The van der Waals surface area contributed by atoms with E-state index in [-0.39, 0.29) is 13.2 Å². The number of halogens is 1. The molecule has 196 valence electrons. The molecule has 1 saturated heterocycles. The van der Waals surface area contributed by atoms with Gasteiger partial charge in [0.2, 0.25) is 6.29 Å². The molecule has 1 aliphatic heterocycles. The van der Waals surface area contributed by atoms with Gasteiger partial charge in [-0.2, -0.15) is 0 Å². The second kappa shape index (κ2) is 14.1. The molecule has 6 heteroatoms. The number of alkyl halides is 1. The summed E-state index contributed by atoms with van der Waals surface area (Å²) in [7, 11) is 0. The zero-order chi connectivity index (χ0) is 25.9. The van der Waals surface area contributed by atoms with Crippen LogP contribution >= 0.6 is 0 Å². The Labute approximate surface area is 218 Å². The summed E-state index contributed by atoms with van der Waals surface area (Å²) in [6.45, 7) is 4.74. The minimum absolute atomic E-state index is 0.195. The van der Waals surface area contributed by atoms with Crippen molar-refractivity contribution in [3.8, 4) is 0 Å². The molecule has 1 aliphatic rings. The van der Waals surface area contributed by atoms with Gasteiger partial charge in [-0.15, -0.1) is 0 Å². The molecule has 4 rings (SSSR count). The van der Waals surface area contributed by atoms with Crippen molar-refractivity contribution in [2.75, 3.05) is 6.61 Å². The van der Waals surface area contributed by atoms with E-state index in [1.165, 1.54) is 0 Å². The van der Waals surface area contributed by atoms with Crippen LogP contribution in [0.15, 0.2) is 103 Å². The van der Waals surface area contributed by atoms with Crippen LogP contribution in [0.5, 0.6) is 0 Å². The predicted molar refractivity (Wildman–Crippen MR) is 140 cm³/mol. The van der Waals surface area contributed by atoms with Crippen LogP contribution in [0.4, 0.5) is 4.39 Å². The second-order valence-corrected chi connectivity index (χ2v) is 9.03. The van der Waals surface area contributed by atoms with Crippen LogP contribution in [0.1, 0.15) is 30.5 Å². The van der Waals surface area contributed by atoms with Crippen LogP contribution in [0.3, 0.4) is 0 Å². The Balaban J connectivity index is 1.54. The van der Waals surface area contributed by atoms with Crippen LogP contribution in [0.25, 0.3) is 0 Å². The molecule has 3 aromatic rings. The molecular weight excluding hydrogens is 471 g/mol. The summed E-state index contributed by atoms with van der Waals surface area (Å²) in [5, 5.41) is 0. The fraction of sp³-hybridized carbons (Fsp3) is 0.355. The molecule has 0 N–H and O–H groups in total. The van der Waals surface area contributed by atoms with Gasteiger partial charge in [-0.3, -0.25) is 0 Å². The first-order valence-corrected chi connectivity index (χ1v) is 12.7. The summed E-state index contributed by atoms with van der Waals surface area (Å²) >= 11 is 0. The summed E-state index contributed by atoms with van der Waals surface area (Å²) < 4.78 is 46.4. The molecule has 0 unspecified atom stereocenters. The molecule has 3 aromatic carbocycles. The van der Waals surface area contributed by atoms with E-state index in [4.69, 9.17) is 23.7 Å². The van der Waals surface area contributed by atoms with Crippen molar-refractivity contribution >= 4 is 0 Å². The zero-order valence-electron chi connectivity index (χ0n) is 21.4. The average molecular weight is 507 g/mol. The number of ether oxygens (including phenoxy) is 5. The normalized spacial score (nSPS) is 24.1. The Bertz CT molecular complexity index is 1080. The summed E-state index contributed by atoms with van der Waals surface area (Å²) in [4.78, 5) is 0. The van der Waals surface area contributed by atoms with Crippen LogP contribution in [-0.4, -0.2) is 37.4 Å². The maximum absolute atomic E-state index is 15.9. The fourth-order valence-electron chi connectivity index (χ4n) is 4.14. The molecule has 1 heterocycles. The SMILES string of the molecule is C/C=C(\C)O[C@@H]1O[C@H](COCc2ccccc2)[C@H](OCc2ccccc2)[C@H](OCc2ccccc2)[C@H]1F. The van der Waals surface area contributed by atoms with E-state index < -0.39 is 30.8 Å². The first-order valence-electron chi connectivity index (χ1n) is 12.7. The van der Waals surface area contributed by atoms with Crippen molar-refractivity contribution in [2.24, 2.45) is 0 Å². The largest absolute Gasteiger partial charge is 0.467 e.